The molecule has 0 aliphatic rings. The van der Waals surface area contributed by atoms with Crippen LogP contribution in [0.4, 0.5) is 65.9 Å². The minimum Gasteiger partial charge on any atom is -0.200 e. The number of alkyl halides is 15. The Morgan fingerprint density at radius 3 is 0.963 bits per heavy atom. The van der Waals surface area contributed by atoms with Crippen molar-refractivity contribution in [1.29, 1.82) is 0 Å². The minimum atomic E-state index is -8.33. The van der Waals surface area contributed by atoms with Crippen molar-refractivity contribution < 1.29 is 65.9 Å². The molecule has 0 aromatic heterocycles. The number of halogens is 18. The van der Waals surface area contributed by atoms with Crippen molar-refractivity contribution >= 4 is 39.2 Å². The molecule has 0 aliphatic carbocycles. The van der Waals surface area contributed by atoms with Gasteiger partial charge in [-0.15, -0.1) is 33.2 Å². The monoisotopic (exact) mass is 516 g/mol. The maximum Gasteiger partial charge on any atom is 0.460 e. The van der Waals surface area contributed by atoms with Crippen LogP contribution in [0.5, 0.6) is 0 Å². The first-order valence-corrected chi connectivity index (χ1v) is 10.9. The van der Waals surface area contributed by atoms with Crippen LogP contribution < -0.4 is 0 Å². The van der Waals surface area contributed by atoms with Gasteiger partial charge in [0.25, 0.3) is 0 Å². The SMILES string of the molecule is FC(F)(F)C(F)(F)C(F)(F)C(F)(F)C(F)(F)C(F)(F)C(F)(F)C[Si](Cl)(Cl)Cl. The summed E-state index contributed by atoms with van der Waals surface area (Å²) in [6.07, 6.45) is -7.64. The summed E-state index contributed by atoms with van der Waals surface area (Å²) in [5.41, 5.74) is 0. The standard InChI is InChI=1S/C8H2Cl3F15Si/c9-27(10,11)1-2(12,13)3(14,15)4(16,17)5(18,19)6(20,21)7(22,23)8(24,25)26/h1H2. The molecule has 0 atom stereocenters. The molecule has 0 rings (SSSR count). The molecule has 19 heteroatoms. The van der Waals surface area contributed by atoms with Crippen molar-refractivity contribution in [3.8, 4) is 0 Å². The van der Waals surface area contributed by atoms with E-state index in [-0.39, 0.29) is 0 Å². The molecular formula is C8H2Cl3F15Si. The van der Waals surface area contributed by atoms with Crippen LogP contribution in [0, 0.1) is 0 Å². The van der Waals surface area contributed by atoms with Gasteiger partial charge in [-0.05, 0) is 0 Å². The predicted molar refractivity (Wildman–Crippen MR) is 63.9 cm³/mol. The van der Waals surface area contributed by atoms with E-state index in [1.165, 1.54) is 0 Å². The average molecular weight is 518 g/mol. The first-order chi connectivity index (χ1) is 11.2. The lowest BCUT2D eigenvalue weighted by Gasteiger charge is -2.41. The van der Waals surface area contributed by atoms with Crippen molar-refractivity contribution in [1.82, 2.24) is 0 Å². The minimum absolute atomic E-state index is 2.88. The summed E-state index contributed by atoms with van der Waals surface area (Å²) < 4.78 is 192. The van der Waals surface area contributed by atoms with E-state index in [9.17, 15) is 65.9 Å². The van der Waals surface area contributed by atoms with Crippen molar-refractivity contribution in [3.63, 3.8) is 0 Å². The Labute approximate surface area is 153 Å². The molecule has 0 bridgehead atoms. The molecule has 0 aromatic carbocycles. The van der Waals surface area contributed by atoms with E-state index in [2.05, 4.69) is 0 Å². The summed E-state index contributed by atoms with van der Waals surface area (Å²) in [6.45, 7) is 0. The molecule has 0 unspecified atom stereocenters. The zero-order valence-electron chi connectivity index (χ0n) is 11.5. The molecule has 0 amide bonds. The summed E-state index contributed by atoms with van der Waals surface area (Å²) >= 11 is 14.2. The third-order valence-electron chi connectivity index (χ3n) is 2.82. The summed E-state index contributed by atoms with van der Waals surface area (Å²) in [7, 11) is 0. The molecule has 0 radical (unpaired) electrons. The lowest BCUT2D eigenvalue weighted by molar-refractivity contribution is -0.451. The smallest absolute Gasteiger partial charge is 0.200 e. The van der Waals surface area contributed by atoms with E-state index in [1.807, 2.05) is 0 Å². The van der Waals surface area contributed by atoms with Gasteiger partial charge in [-0.25, -0.2) is 0 Å². The van der Waals surface area contributed by atoms with Crippen LogP contribution in [-0.2, 0) is 0 Å². The van der Waals surface area contributed by atoms with Crippen molar-refractivity contribution in [2.24, 2.45) is 0 Å². The van der Waals surface area contributed by atoms with E-state index in [4.69, 9.17) is 33.2 Å². The van der Waals surface area contributed by atoms with Gasteiger partial charge in [0.2, 0.25) is 0 Å². The second kappa shape index (κ2) is 6.79. The highest BCUT2D eigenvalue weighted by Gasteiger charge is 2.93. The van der Waals surface area contributed by atoms with Gasteiger partial charge in [0.05, 0.1) is 6.04 Å². The topological polar surface area (TPSA) is 0 Å². The zero-order valence-corrected chi connectivity index (χ0v) is 14.8. The lowest BCUT2D eigenvalue weighted by Crippen LogP contribution is -2.72. The zero-order chi connectivity index (χ0) is 22.7. The van der Waals surface area contributed by atoms with Crippen molar-refractivity contribution in [3.05, 3.63) is 0 Å². The highest BCUT2D eigenvalue weighted by molar-refractivity contribution is 7.64. The van der Waals surface area contributed by atoms with Crippen molar-refractivity contribution in [2.45, 2.75) is 47.8 Å². The van der Waals surface area contributed by atoms with Gasteiger partial charge < -0.3 is 0 Å². The highest BCUT2D eigenvalue weighted by atomic mass is 35.8. The Kier molecular flexibility index (Phi) is 6.80. The quantitative estimate of drug-likeness (QED) is 0.194. The van der Waals surface area contributed by atoms with Gasteiger partial charge in [0, 0.05) is 0 Å². The molecule has 0 saturated heterocycles. The molecule has 0 nitrogen and oxygen atoms in total. The van der Waals surface area contributed by atoms with Crippen LogP contribution in [-0.4, -0.2) is 47.7 Å². The first kappa shape index (κ1) is 27.0. The Hall–Kier alpha value is 0.0369. The van der Waals surface area contributed by atoms with Crippen LogP contribution in [0.3, 0.4) is 0 Å². The Balaban J connectivity index is 6.47. The maximum absolute atomic E-state index is 13.2. The van der Waals surface area contributed by atoms with Gasteiger partial charge in [0.1, 0.15) is 0 Å². The third kappa shape index (κ3) is 4.17. The van der Waals surface area contributed by atoms with E-state index in [1.54, 1.807) is 0 Å². The molecule has 0 spiro atoms. The van der Waals surface area contributed by atoms with Gasteiger partial charge in [-0.3, -0.25) is 0 Å². The van der Waals surface area contributed by atoms with E-state index in [0.717, 1.165) is 0 Å². The van der Waals surface area contributed by atoms with E-state index in [0.29, 0.717) is 0 Å². The molecule has 0 saturated carbocycles. The molecule has 0 aromatic rings. The number of hydrogen-bond acceptors (Lipinski definition) is 0. The van der Waals surface area contributed by atoms with Gasteiger partial charge in [-0.1, -0.05) is 0 Å². The third-order valence-corrected chi connectivity index (χ3v) is 4.86. The molecular weight excluding hydrogens is 516 g/mol. The maximum atomic E-state index is 13.2. The fraction of sp³-hybridized carbons (Fsp3) is 1.00. The Bertz CT molecular complexity index is 548. The summed E-state index contributed by atoms with van der Waals surface area (Å²) in [6, 6.07) is -7.94. The molecule has 0 N–H and O–H groups in total. The molecule has 0 fully saturated rings. The summed E-state index contributed by atoms with van der Waals surface area (Å²) in [4.78, 5) is 0. The molecule has 27 heavy (non-hydrogen) atoms. The fourth-order valence-electron chi connectivity index (χ4n) is 1.36. The van der Waals surface area contributed by atoms with Gasteiger partial charge >= 0.3 is 47.7 Å². The molecule has 0 aliphatic heterocycles. The lowest BCUT2D eigenvalue weighted by atomic mass is 9.91. The second-order valence-electron chi connectivity index (χ2n) is 4.87. The van der Waals surface area contributed by atoms with Gasteiger partial charge in [0.15, 0.2) is 0 Å². The van der Waals surface area contributed by atoms with E-state index < -0.39 is 53.8 Å². The van der Waals surface area contributed by atoms with Crippen LogP contribution in [0.25, 0.3) is 0 Å². The first-order valence-electron chi connectivity index (χ1n) is 5.61. The largest absolute Gasteiger partial charge is 0.460 e. The molecule has 0 heterocycles. The number of rotatable bonds is 7. The average Bonchev–Trinajstić information content (AvgIpc) is 2.33. The predicted octanol–water partition coefficient (Wildman–Crippen LogP) is 7.02. The normalized spacial score (nSPS) is 16.7. The second-order valence-corrected chi connectivity index (χ2v) is 14.0. The van der Waals surface area contributed by atoms with Crippen molar-refractivity contribution in [2.75, 3.05) is 0 Å². The van der Waals surface area contributed by atoms with E-state index >= 15 is 0 Å². The highest BCUT2D eigenvalue weighted by Crippen LogP contribution is 2.63. The molecule has 164 valence electrons. The van der Waals surface area contributed by atoms with Crippen LogP contribution in [0.15, 0.2) is 0 Å². The fourth-order valence-corrected chi connectivity index (χ4v) is 3.60. The van der Waals surface area contributed by atoms with Crippen LogP contribution >= 0.6 is 33.2 Å². The summed E-state index contributed by atoms with van der Waals surface area (Å²) in [5, 5.41) is 0. The Morgan fingerprint density at radius 2 is 0.704 bits per heavy atom. The van der Waals surface area contributed by atoms with Gasteiger partial charge in [-0.2, -0.15) is 65.9 Å². The summed E-state index contributed by atoms with van der Waals surface area (Å²) in [5.74, 6) is -46.9. The number of hydrogen-bond donors (Lipinski definition) is 0. The van der Waals surface area contributed by atoms with Crippen LogP contribution in [0.1, 0.15) is 0 Å². The van der Waals surface area contributed by atoms with Crippen LogP contribution in [0.2, 0.25) is 6.04 Å². The Morgan fingerprint density at radius 1 is 0.444 bits per heavy atom.